The van der Waals surface area contributed by atoms with Gasteiger partial charge in [0, 0.05) is 11.9 Å². The number of anilines is 2. The summed E-state index contributed by atoms with van der Waals surface area (Å²) >= 11 is 0. The molecule has 0 atom stereocenters. The number of benzene rings is 1. The number of nitrogens with zero attached hydrogens (tertiary/aromatic N) is 2. The highest BCUT2D eigenvalue weighted by molar-refractivity contribution is 5.88. The van der Waals surface area contributed by atoms with Crippen LogP contribution in [0.5, 0.6) is 0 Å². The fraction of sp³-hybridized carbons (Fsp3) is 0.214. The van der Waals surface area contributed by atoms with E-state index in [4.69, 9.17) is 5.11 Å². The molecule has 0 amide bonds. The summed E-state index contributed by atoms with van der Waals surface area (Å²) in [5.41, 5.74) is 1.59. The van der Waals surface area contributed by atoms with Crippen LogP contribution >= 0.6 is 0 Å². The van der Waals surface area contributed by atoms with E-state index >= 15 is 0 Å². The molecule has 0 aliphatic rings. The summed E-state index contributed by atoms with van der Waals surface area (Å²) in [7, 11) is 0. The van der Waals surface area contributed by atoms with Gasteiger partial charge in [-0.2, -0.15) is 0 Å². The SMILES string of the molecule is CCCc1nc(Nc2ccccc2)ncc1C(=O)O. The van der Waals surface area contributed by atoms with Gasteiger partial charge in [-0.1, -0.05) is 31.5 Å². The van der Waals surface area contributed by atoms with Crippen molar-refractivity contribution in [3.63, 3.8) is 0 Å². The van der Waals surface area contributed by atoms with Crippen molar-refractivity contribution in [2.24, 2.45) is 0 Å². The van der Waals surface area contributed by atoms with Gasteiger partial charge < -0.3 is 10.4 Å². The lowest BCUT2D eigenvalue weighted by Gasteiger charge is -2.08. The predicted molar refractivity (Wildman–Crippen MR) is 72.7 cm³/mol. The lowest BCUT2D eigenvalue weighted by molar-refractivity contribution is 0.0694. The highest BCUT2D eigenvalue weighted by atomic mass is 16.4. The Morgan fingerprint density at radius 3 is 2.68 bits per heavy atom. The largest absolute Gasteiger partial charge is 0.478 e. The Kier molecular flexibility index (Phi) is 4.07. The van der Waals surface area contributed by atoms with E-state index in [1.165, 1.54) is 6.20 Å². The molecule has 2 rings (SSSR count). The van der Waals surface area contributed by atoms with Crippen molar-refractivity contribution in [3.8, 4) is 0 Å². The third-order valence-corrected chi connectivity index (χ3v) is 2.61. The van der Waals surface area contributed by atoms with E-state index in [1.807, 2.05) is 37.3 Å². The molecule has 19 heavy (non-hydrogen) atoms. The Balaban J connectivity index is 2.27. The zero-order valence-corrected chi connectivity index (χ0v) is 10.6. The van der Waals surface area contributed by atoms with Crippen LogP contribution in [0.1, 0.15) is 29.4 Å². The highest BCUT2D eigenvalue weighted by Crippen LogP contribution is 2.15. The second-order valence-electron chi connectivity index (χ2n) is 4.10. The fourth-order valence-corrected chi connectivity index (χ4v) is 1.73. The molecule has 0 aliphatic carbocycles. The molecule has 0 aliphatic heterocycles. The summed E-state index contributed by atoms with van der Waals surface area (Å²) in [6, 6.07) is 9.52. The van der Waals surface area contributed by atoms with Crippen molar-refractivity contribution < 1.29 is 9.90 Å². The molecular weight excluding hydrogens is 242 g/mol. The molecular formula is C14H15N3O2. The Morgan fingerprint density at radius 1 is 1.32 bits per heavy atom. The first-order valence-corrected chi connectivity index (χ1v) is 6.12. The molecule has 0 saturated carbocycles. The first kappa shape index (κ1) is 13.0. The fourth-order valence-electron chi connectivity index (χ4n) is 1.73. The van der Waals surface area contributed by atoms with Crippen molar-refractivity contribution in [1.82, 2.24) is 9.97 Å². The number of carboxylic acid groups (broad SMARTS) is 1. The normalized spacial score (nSPS) is 10.2. The van der Waals surface area contributed by atoms with Gasteiger partial charge in [0.2, 0.25) is 5.95 Å². The molecule has 0 saturated heterocycles. The van der Waals surface area contributed by atoms with E-state index < -0.39 is 5.97 Å². The molecule has 1 heterocycles. The van der Waals surface area contributed by atoms with Crippen LogP contribution in [0, 0.1) is 0 Å². The number of carbonyl (C=O) groups is 1. The summed E-state index contributed by atoms with van der Waals surface area (Å²) in [5, 5.41) is 12.1. The van der Waals surface area contributed by atoms with Crippen LogP contribution in [0.3, 0.4) is 0 Å². The van der Waals surface area contributed by atoms with E-state index in [0.29, 0.717) is 18.1 Å². The number of aryl methyl sites for hydroxylation is 1. The lowest BCUT2D eigenvalue weighted by atomic mass is 10.1. The van der Waals surface area contributed by atoms with E-state index in [1.54, 1.807) is 0 Å². The summed E-state index contributed by atoms with van der Waals surface area (Å²) < 4.78 is 0. The zero-order valence-electron chi connectivity index (χ0n) is 10.6. The van der Waals surface area contributed by atoms with Gasteiger partial charge in [0.25, 0.3) is 0 Å². The molecule has 2 N–H and O–H groups in total. The Morgan fingerprint density at radius 2 is 2.05 bits per heavy atom. The van der Waals surface area contributed by atoms with Gasteiger partial charge in [-0.15, -0.1) is 0 Å². The number of carboxylic acids is 1. The number of rotatable bonds is 5. The van der Waals surface area contributed by atoms with Crippen molar-refractivity contribution in [2.75, 3.05) is 5.32 Å². The molecule has 0 unspecified atom stereocenters. The first-order valence-electron chi connectivity index (χ1n) is 6.12. The summed E-state index contributed by atoms with van der Waals surface area (Å²) in [5.74, 6) is -0.575. The maximum absolute atomic E-state index is 11.1. The first-order chi connectivity index (χ1) is 9.20. The molecule has 0 fully saturated rings. The number of nitrogens with one attached hydrogen (secondary N) is 1. The molecule has 0 radical (unpaired) electrons. The minimum atomic E-state index is -0.991. The van der Waals surface area contributed by atoms with Crippen LogP contribution in [-0.2, 0) is 6.42 Å². The number of aromatic nitrogens is 2. The van der Waals surface area contributed by atoms with E-state index in [2.05, 4.69) is 15.3 Å². The van der Waals surface area contributed by atoms with Gasteiger partial charge in [0.1, 0.15) is 0 Å². The van der Waals surface area contributed by atoms with Crippen LogP contribution in [0.25, 0.3) is 0 Å². The average Bonchev–Trinajstić information content (AvgIpc) is 2.40. The van der Waals surface area contributed by atoms with E-state index in [-0.39, 0.29) is 5.56 Å². The summed E-state index contributed by atoms with van der Waals surface area (Å²) in [6.07, 6.45) is 2.81. The van der Waals surface area contributed by atoms with Crippen molar-refractivity contribution in [3.05, 3.63) is 47.8 Å². The van der Waals surface area contributed by atoms with Gasteiger partial charge in [-0.05, 0) is 18.6 Å². The van der Waals surface area contributed by atoms with Gasteiger partial charge in [-0.3, -0.25) is 0 Å². The molecule has 98 valence electrons. The number of hydrogen-bond donors (Lipinski definition) is 2. The molecule has 2 aromatic rings. The quantitative estimate of drug-likeness (QED) is 0.861. The molecule has 0 bridgehead atoms. The molecule has 0 spiro atoms. The predicted octanol–water partition coefficient (Wildman–Crippen LogP) is 2.87. The van der Waals surface area contributed by atoms with Gasteiger partial charge >= 0.3 is 5.97 Å². The molecule has 5 heteroatoms. The number of aromatic carboxylic acids is 1. The van der Waals surface area contributed by atoms with Crippen molar-refractivity contribution >= 4 is 17.6 Å². The summed E-state index contributed by atoms with van der Waals surface area (Å²) in [4.78, 5) is 19.4. The van der Waals surface area contributed by atoms with Crippen LogP contribution in [-0.4, -0.2) is 21.0 Å². The Labute approximate surface area is 111 Å². The van der Waals surface area contributed by atoms with Crippen LogP contribution in [0.2, 0.25) is 0 Å². The molecule has 5 nitrogen and oxygen atoms in total. The molecule has 1 aromatic heterocycles. The number of hydrogen-bond acceptors (Lipinski definition) is 4. The van der Waals surface area contributed by atoms with Crippen LogP contribution in [0.15, 0.2) is 36.5 Å². The van der Waals surface area contributed by atoms with Gasteiger partial charge in [-0.25, -0.2) is 14.8 Å². The van der Waals surface area contributed by atoms with Gasteiger partial charge in [0.05, 0.1) is 11.3 Å². The van der Waals surface area contributed by atoms with Crippen LogP contribution in [0.4, 0.5) is 11.6 Å². The van der Waals surface area contributed by atoms with E-state index in [9.17, 15) is 4.79 Å². The third-order valence-electron chi connectivity index (χ3n) is 2.61. The topological polar surface area (TPSA) is 75.1 Å². The zero-order chi connectivity index (χ0) is 13.7. The minimum Gasteiger partial charge on any atom is -0.478 e. The lowest BCUT2D eigenvalue weighted by Crippen LogP contribution is -2.08. The molecule has 1 aromatic carbocycles. The Hall–Kier alpha value is -2.43. The van der Waals surface area contributed by atoms with E-state index in [0.717, 1.165) is 12.1 Å². The maximum Gasteiger partial charge on any atom is 0.339 e. The second-order valence-corrected chi connectivity index (χ2v) is 4.10. The summed E-state index contributed by atoms with van der Waals surface area (Å²) in [6.45, 7) is 1.98. The Bertz CT molecular complexity index is 570. The second kappa shape index (κ2) is 5.95. The smallest absolute Gasteiger partial charge is 0.339 e. The van der Waals surface area contributed by atoms with Crippen molar-refractivity contribution in [1.29, 1.82) is 0 Å². The standard InChI is InChI=1S/C14H15N3O2/c1-2-6-12-11(13(18)19)9-15-14(17-12)16-10-7-4-3-5-8-10/h3-5,7-9H,2,6H2,1H3,(H,18,19)(H,15,16,17). The van der Waals surface area contributed by atoms with Crippen LogP contribution < -0.4 is 5.32 Å². The van der Waals surface area contributed by atoms with Gasteiger partial charge in [0.15, 0.2) is 0 Å². The minimum absolute atomic E-state index is 0.167. The number of para-hydroxylation sites is 1. The highest BCUT2D eigenvalue weighted by Gasteiger charge is 2.12. The maximum atomic E-state index is 11.1. The van der Waals surface area contributed by atoms with Crippen molar-refractivity contribution in [2.45, 2.75) is 19.8 Å². The monoisotopic (exact) mass is 257 g/mol. The third kappa shape index (κ3) is 3.28. The average molecular weight is 257 g/mol.